The summed E-state index contributed by atoms with van der Waals surface area (Å²) < 4.78 is 53.5. The van der Waals surface area contributed by atoms with Gasteiger partial charge in [-0.05, 0) is 19.4 Å². The van der Waals surface area contributed by atoms with Crippen LogP contribution in [-0.4, -0.2) is 19.0 Å². The fraction of sp³-hybridized carbons (Fsp3) is 0.500. The highest BCUT2D eigenvalue weighted by Gasteiger charge is 2.41. The molecule has 1 heterocycles. The smallest absolute Gasteiger partial charge is 0.232 e. The van der Waals surface area contributed by atoms with E-state index in [0.717, 1.165) is 0 Å². The number of carbonyl (C=O) groups is 1. The van der Waals surface area contributed by atoms with Crippen molar-refractivity contribution >= 4 is 11.6 Å². The van der Waals surface area contributed by atoms with E-state index in [9.17, 15) is 22.4 Å². The molecule has 0 radical (unpaired) electrons. The first-order valence-electron chi connectivity index (χ1n) is 6.76. The largest absolute Gasteiger partial charge is 0.320 e. The van der Waals surface area contributed by atoms with Gasteiger partial charge in [-0.15, -0.1) is 0 Å². The van der Waals surface area contributed by atoms with Crippen LogP contribution in [0.5, 0.6) is 0 Å². The Hall–Kier alpha value is -1.63. The maximum atomic E-state index is 13.6. The molecule has 1 aromatic carbocycles. The molecule has 7 heteroatoms. The molecule has 1 amide bonds. The average molecular weight is 304 g/mol. The van der Waals surface area contributed by atoms with Crippen LogP contribution in [0.4, 0.5) is 23.2 Å². The van der Waals surface area contributed by atoms with Crippen LogP contribution >= 0.6 is 0 Å². The summed E-state index contributed by atoms with van der Waals surface area (Å²) in [5.74, 6) is -6.91. The van der Waals surface area contributed by atoms with Crippen LogP contribution in [0.3, 0.4) is 0 Å². The first-order valence-corrected chi connectivity index (χ1v) is 6.76. The van der Waals surface area contributed by atoms with E-state index in [0.29, 0.717) is 32.4 Å². The Labute approximate surface area is 119 Å². The molecule has 0 aliphatic carbocycles. The molecule has 2 rings (SSSR count). The average Bonchev–Trinajstić information content (AvgIpc) is 2.91. The Morgan fingerprint density at radius 1 is 1.29 bits per heavy atom. The molecule has 0 spiro atoms. The van der Waals surface area contributed by atoms with E-state index in [-0.39, 0.29) is 6.07 Å². The van der Waals surface area contributed by atoms with Gasteiger partial charge >= 0.3 is 0 Å². The zero-order valence-corrected chi connectivity index (χ0v) is 11.5. The van der Waals surface area contributed by atoms with Crippen LogP contribution in [0.1, 0.15) is 26.2 Å². The molecule has 1 aromatic rings. The van der Waals surface area contributed by atoms with Crippen LogP contribution in [0.25, 0.3) is 0 Å². The van der Waals surface area contributed by atoms with Crippen molar-refractivity contribution in [1.82, 2.24) is 5.32 Å². The standard InChI is InChI=1S/C14H16F4N2O/c1-2-3-14(4-5-19-7-14)13(21)20-12-10(17)8(15)6-9(16)11(12)18/h6,19H,2-5,7H2,1H3,(H,20,21). The lowest BCUT2D eigenvalue weighted by Gasteiger charge is -2.26. The number of anilines is 1. The van der Waals surface area contributed by atoms with Crippen LogP contribution in [-0.2, 0) is 4.79 Å². The number of amides is 1. The summed E-state index contributed by atoms with van der Waals surface area (Å²) in [5.41, 5.74) is -1.88. The van der Waals surface area contributed by atoms with E-state index in [2.05, 4.69) is 5.32 Å². The molecule has 1 fully saturated rings. The van der Waals surface area contributed by atoms with Gasteiger partial charge in [0.25, 0.3) is 0 Å². The molecule has 3 nitrogen and oxygen atoms in total. The van der Waals surface area contributed by atoms with Crippen LogP contribution in [0, 0.1) is 28.7 Å². The molecule has 116 valence electrons. The van der Waals surface area contributed by atoms with E-state index in [1.165, 1.54) is 0 Å². The third kappa shape index (κ3) is 2.88. The van der Waals surface area contributed by atoms with Gasteiger partial charge in [-0.3, -0.25) is 4.79 Å². The van der Waals surface area contributed by atoms with E-state index in [1.807, 2.05) is 12.2 Å². The first kappa shape index (κ1) is 15.8. The maximum Gasteiger partial charge on any atom is 0.232 e. The molecule has 1 aliphatic rings. The summed E-state index contributed by atoms with van der Waals surface area (Å²) in [4.78, 5) is 12.3. The lowest BCUT2D eigenvalue weighted by Crippen LogP contribution is -2.38. The SMILES string of the molecule is CCCC1(C(=O)Nc2c(F)c(F)cc(F)c2F)CCNC1. The number of hydrogen-bond donors (Lipinski definition) is 2. The number of benzene rings is 1. The maximum absolute atomic E-state index is 13.6. The molecule has 21 heavy (non-hydrogen) atoms. The highest BCUT2D eigenvalue weighted by Crippen LogP contribution is 2.34. The van der Waals surface area contributed by atoms with Gasteiger partial charge in [0.05, 0.1) is 5.41 Å². The fourth-order valence-electron chi connectivity index (χ4n) is 2.67. The predicted octanol–water partition coefficient (Wildman–Crippen LogP) is 2.96. The highest BCUT2D eigenvalue weighted by molar-refractivity contribution is 5.96. The third-order valence-electron chi connectivity index (χ3n) is 3.80. The van der Waals surface area contributed by atoms with Crippen molar-refractivity contribution in [3.8, 4) is 0 Å². The molecule has 2 N–H and O–H groups in total. The first-order chi connectivity index (χ1) is 9.91. The molecule has 1 saturated heterocycles. The van der Waals surface area contributed by atoms with Crippen LogP contribution in [0.15, 0.2) is 6.07 Å². The summed E-state index contributed by atoms with van der Waals surface area (Å²) >= 11 is 0. The quantitative estimate of drug-likeness (QED) is 0.663. The van der Waals surface area contributed by atoms with Gasteiger partial charge < -0.3 is 10.6 Å². The summed E-state index contributed by atoms with van der Waals surface area (Å²) in [6.07, 6.45) is 1.73. The molecule has 1 aliphatic heterocycles. The zero-order chi connectivity index (χ0) is 15.6. The van der Waals surface area contributed by atoms with Crippen molar-refractivity contribution in [3.05, 3.63) is 29.3 Å². The Morgan fingerprint density at radius 3 is 2.38 bits per heavy atom. The molecular weight excluding hydrogens is 288 g/mol. The van der Waals surface area contributed by atoms with Crippen molar-refractivity contribution in [2.45, 2.75) is 26.2 Å². The summed E-state index contributed by atoms with van der Waals surface area (Å²) in [7, 11) is 0. The molecular formula is C14H16F4N2O. The number of carbonyl (C=O) groups excluding carboxylic acids is 1. The van der Waals surface area contributed by atoms with Gasteiger partial charge in [-0.25, -0.2) is 17.6 Å². The second-order valence-corrected chi connectivity index (χ2v) is 5.25. The lowest BCUT2D eigenvalue weighted by atomic mass is 9.81. The van der Waals surface area contributed by atoms with E-state index < -0.39 is 40.3 Å². The minimum atomic E-state index is -1.60. The minimum absolute atomic E-state index is 0.110. The second kappa shape index (κ2) is 6.01. The fourth-order valence-corrected chi connectivity index (χ4v) is 2.67. The van der Waals surface area contributed by atoms with E-state index in [1.54, 1.807) is 0 Å². The topological polar surface area (TPSA) is 41.1 Å². The number of rotatable bonds is 4. The minimum Gasteiger partial charge on any atom is -0.320 e. The molecule has 1 atom stereocenters. The van der Waals surface area contributed by atoms with Gasteiger partial charge in [-0.2, -0.15) is 0 Å². The molecule has 1 unspecified atom stereocenters. The normalized spacial score (nSPS) is 21.6. The summed E-state index contributed by atoms with van der Waals surface area (Å²) in [5, 5.41) is 5.04. The number of hydrogen-bond acceptors (Lipinski definition) is 2. The number of nitrogens with one attached hydrogen (secondary N) is 2. The molecule has 0 saturated carbocycles. The highest BCUT2D eigenvalue weighted by atomic mass is 19.2. The molecule has 0 aromatic heterocycles. The Balaban J connectivity index is 2.31. The Bertz CT molecular complexity index is 530. The van der Waals surface area contributed by atoms with Gasteiger partial charge in [0.15, 0.2) is 23.3 Å². The van der Waals surface area contributed by atoms with Gasteiger partial charge in [-0.1, -0.05) is 13.3 Å². The van der Waals surface area contributed by atoms with Crippen molar-refractivity contribution < 1.29 is 22.4 Å². The monoisotopic (exact) mass is 304 g/mol. The number of halogens is 4. The van der Waals surface area contributed by atoms with Crippen LogP contribution in [0.2, 0.25) is 0 Å². The van der Waals surface area contributed by atoms with Crippen molar-refractivity contribution in [1.29, 1.82) is 0 Å². The van der Waals surface area contributed by atoms with Gasteiger partial charge in [0, 0.05) is 12.6 Å². The zero-order valence-electron chi connectivity index (χ0n) is 11.5. The van der Waals surface area contributed by atoms with Gasteiger partial charge in [0.1, 0.15) is 5.69 Å². The van der Waals surface area contributed by atoms with Crippen molar-refractivity contribution in [2.75, 3.05) is 18.4 Å². The third-order valence-corrected chi connectivity index (χ3v) is 3.80. The summed E-state index contributed by atoms with van der Waals surface area (Å²) in [6.45, 7) is 2.86. The van der Waals surface area contributed by atoms with Crippen molar-refractivity contribution in [3.63, 3.8) is 0 Å². The predicted molar refractivity (Wildman–Crippen MR) is 69.7 cm³/mol. The second-order valence-electron chi connectivity index (χ2n) is 5.25. The van der Waals surface area contributed by atoms with Gasteiger partial charge in [0.2, 0.25) is 5.91 Å². The summed E-state index contributed by atoms with van der Waals surface area (Å²) in [6, 6.07) is 0.110. The van der Waals surface area contributed by atoms with E-state index in [4.69, 9.17) is 0 Å². The van der Waals surface area contributed by atoms with Crippen LogP contribution < -0.4 is 10.6 Å². The molecule has 0 bridgehead atoms. The Morgan fingerprint density at radius 2 is 1.90 bits per heavy atom. The van der Waals surface area contributed by atoms with Crippen molar-refractivity contribution in [2.24, 2.45) is 5.41 Å². The Kier molecular flexibility index (Phi) is 4.51. The van der Waals surface area contributed by atoms with E-state index >= 15 is 0 Å². The lowest BCUT2D eigenvalue weighted by molar-refractivity contribution is -0.125.